The number of ether oxygens (including phenoxy) is 1. The number of amides is 1. The molecule has 0 bridgehead atoms. The Morgan fingerprint density at radius 3 is 2.22 bits per heavy atom. The highest BCUT2D eigenvalue weighted by Crippen LogP contribution is 2.24. The van der Waals surface area contributed by atoms with Gasteiger partial charge in [0.05, 0.1) is 6.61 Å². The summed E-state index contributed by atoms with van der Waals surface area (Å²) >= 11 is 0. The molecule has 0 heterocycles. The van der Waals surface area contributed by atoms with Crippen LogP contribution in [0.15, 0.2) is 12.1 Å². The largest absolute Gasteiger partial charge is 0.493 e. The third-order valence-corrected chi connectivity index (χ3v) is 2.66. The number of hydrogen-bond donors (Lipinski definition) is 1. The fourth-order valence-corrected chi connectivity index (χ4v) is 1.82. The third kappa shape index (κ3) is 3.87. The van der Waals surface area contributed by atoms with E-state index in [-0.39, 0.29) is 5.78 Å². The normalized spacial score (nSPS) is 10.2. The number of hydrogen-bond acceptors (Lipinski definition) is 3. The van der Waals surface area contributed by atoms with E-state index in [0.717, 1.165) is 16.9 Å². The lowest BCUT2D eigenvalue weighted by Gasteiger charge is -2.13. The summed E-state index contributed by atoms with van der Waals surface area (Å²) in [6.07, 6.45) is 1.23. The molecule has 0 spiro atoms. The Morgan fingerprint density at radius 2 is 1.78 bits per heavy atom. The summed E-state index contributed by atoms with van der Waals surface area (Å²) in [4.78, 5) is 21.9. The maximum absolute atomic E-state index is 11.1. The number of ketones is 1. The van der Waals surface area contributed by atoms with Crippen LogP contribution in [0.1, 0.15) is 41.3 Å². The first-order valence-electron chi connectivity index (χ1n) is 5.95. The van der Waals surface area contributed by atoms with Gasteiger partial charge in [-0.05, 0) is 50.5 Å². The topological polar surface area (TPSA) is 69.4 Å². The summed E-state index contributed by atoms with van der Waals surface area (Å²) in [5.41, 5.74) is 7.49. The highest BCUT2D eigenvalue weighted by molar-refractivity contribution is 5.93. The van der Waals surface area contributed by atoms with Gasteiger partial charge in [0.15, 0.2) is 0 Å². The van der Waals surface area contributed by atoms with Gasteiger partial charge in [-0.1, -0.05) is 0 Å². The van der Waals surface area contributed by atoms with Gasteiger partial charge in [-0.15, -0.1) is 0 Å². The maximum atomic E-state index is 11.1. The minimum Gasteiger partial charge on any atom is -0.493 e. The van der Waals surface area contributed by atoms with Crippen LogP contribution in [0.2, 0.25) is 0 Å². The van der Waals surface area contributed by atoms with Gasteiger partial charge in [0.2, 0.25) is 5.91 Å². The van der Waals surface area contributed by atoms with Crippen molar-refractivity contribution >= 4 is 11.7 Å². The Labute approximate surface area is 107 Å². The zero-order valence-corrected chi connectivity index (χ0v) is 11.1. The molecule has 0 aliphatic heterocycles. The van der Waals surface area contributed by atoms with Crippen molar-refractivity contribution in [3.8, 4) is 5.75 Å². The molecule has 2 N–H and O–H groups in total. The predicted molar refractivity (Wildman–Crippen MR) is 69.8 cm³/mol. The van der Waals surface area contributed by atoms with Gasteiger partial charge in [0.25, 0.3) is 0 Å². The molecular formula is C14H19NO3. The molecule has 1 aromatic carbocycles. The van der Waals surface area contributed by atoms with Crippen molar-refractivity contribution in [1.29, 1.82) is 0 Å². The SMILES string of the molecule is CC(=O)CCCOc1c(C)cc(C(N)=O)cc1C. The summed E-state index contributed by atoms with van der Waals surface area (Å²) in [7, 11) is 0. The molecule has 0 aliphatic rings. The molecule has 4 heteroatoms. The van der Waals surface area contributed by atoms with Crippen LogP contribution in [-0.2, 0) is 4.79 Å². The van der Waals surface area contributed by atoms with Gasteiger partial charge in [0.1, 0.15) is 11.5 Å². The predicted octanol–water partition coefficient (Wildman–Crippen LogP) is 2.15. The zero-order chi connectivity index (χ0) is 13.7. The maximum Gasteiger partial charge on any atom is 0.248 e. The van der Waals surface area contributed by atoms with Crippen LogP contribution < -0.4 is 10.5 Å². The molecular weight excluding hydrogens is 230 g/mol. The fraction of sp³-hybridized carbons (Fsp3) is 0.429. The minimum atomic E-state index is -0.440. The van der Waals surface area contributed by atoms with Crippen LogP contribution in [0.3, 0.4) is 0 Å². The first kappa shape index (κ1) is 14.2. The highest BCUT2D eigenvalue weighted by atomic mass is 16.5. The number of benzene rings is 1. The van der Waals surface area contributed by atoms with E-state index < -0.39 is 5.91 Å². The number of primary amides is 1. The smallest absolute Gasteiger partial charge is 0.248 e. The van der Waals surface area contributed by atoms with Crippen molar-refractivity contribution in [2.45, 2.75) is 33.6 Å². The molecule has 0 saturated heterocycles. The minimum absolute atomic E-state index is 0.163. The molecule has 0 unspecified atom stereocenters. The number of rotatable bonds is 6. The van der Waals surface area contributed by atoms with Gasteiger partial charge >= 0.3 is 0 Å². The first-order chi connectivity index (χ1) is 8.41. The molecule has 0 aromatic heterocycles. The zero-order valence-electron chi connectivity index (χ0n) is 11.1. The van der Waals surface area contributed by atoms with Gasteiger partial charge < -0.3 is 15.3 Å². The van der Waals surface area contributed by atoms with Gasteiger partial charge in [-0.2, -0.15) is 0 Å². The second kappa shape index (κ2) is 6.19. The first-order valence-corrected chi connectivity index (χ1v) is 5.95. The summed E-state index contributed by atoms with van der Waals surface area (Å²) < 4.78 is 5.65. The van der Waals surface area contributed by atoms with Gasteiger partial charge in [0, 0.05) is 12.0 Å². The monoisotopic (exact) mass is 249 g/mol. The summed E-state index contributed by atoms with van der Waals surface area (Å²) in [5, 5.41) is 0. The number of carbonyl (C=O) groups excluding carboxylic acids is 2. The molecule has 98 valence electrons. The van der Waals surface area contributed by atoms with Crippen molar-refractivity contribution in [1.82, 2.24) is 0 Å². The van der Waals surface area contributed by atoms with Crippen LogP contribution in [-0.4, -0.2) is 18.3 Å². The highest BCUT2D eigenvalue weighted by Gasteiger charge is 2.09. The summed E-state index contributed by atoms with van der Waals surface area (Å²) in [5.74, 6) is 0.490. The summed E-state index contributed by atoms with van der Waals surface area (Å²) in [6.45, 7) is 5.81. The van der Waals surface area contributed by atoms with Gasteiger partial charge in [-0.3, -0.25) is 4.79 Å². The Balaban J connectivity index is 2.72. The van der Waals surface area contributed by atoms with Crippen molar-refractivity contribution in [2.75, 3.05) is 6.61 Å². The summed E-state index contributed by atoms with van der Waals surface area (Å²) in [6, 6.07) is 3.44. The molecule has 0 saturated carbocycles. The standard InChI is InChI=1S/C14H19NO3/c1-9-7-12(14(15)17)8-10(2)13(9)18-6-4-5-11(3)16/h7-8H,4-6H2,1-3H3,(H2,15,17). The second-order valence-electron chi connectivity index (χ2n) is 4.46. The van der Waals surface area contributed by atoms with Crippen LogP contribution in [0.5, 0.6) is 5.75 Å². The Hall–Kier alpha value is -1.84. The average Bonchev–Trinajstić information content (AvgIpc) is 2.26. The van der Waals surface area contributed by atoms with Crippen molar-refractivity contribution < 1.29 is 14.3 Å². The lowest BCUT2D eigenvalue weighted by atomic mass is 10.1. The molecule has 18 heavy (non-hydrogen) atoms. The van der Waals surface area contributed by atoms with E-state index in [1.165, 1.54) is 0 Å². The van der Waals surface area contributed by atoms with Crippen LogP contribution in [0.25, 0.3) is 0 Å². The Bertz CT molecular complexity index is 443. The number of aryl methyl sites for hydroxylation is 2. The number of nitrogens with two attached hydrogens (primary N) is 1. The molecule has 4 nitrogen and oxygen atoms in total. The van der Waals surface area contributed by atoms with E-state index in [2.05, 4.69) is 0 Å². The van der Waals surface area contributed by atoms with Crippen LogP contribution in [0.4, 0.5) is 0 Å². The van der Waals surface area contributed by atoms with E-state index in [1.807, 2.05) is 13.8 Å². The van der Waals surface area contributed by atoms with E-state index >= 15 is 0 Å². The fourth-order valence-electron chi connectivity index (χ4n) is 1.82. The second-order valence-corrected chi connectivity index (χ2v) is 4.46. The lowest BCUT2D eigenvalue weighted by Crippen LogP contribution is -2.12. The van der Waals surface area contributed by atoms with E-state index in [9.17, 15) is 9.59 Å². The molecule has 1 amide bonds. The molecule has 0 aliphatic carbocycles. The Kier molecular flexibility index (Phi) is 4.89. The number of Topliss-reactive ketones (excluding diaryl/α,β-unsaturated/α-hetero) is 1. The van der Waals surface area contributed by atoms with E-state index in [1.54, 1.807) is 19.1 Å². The average molecular weight is 249 g/mol. The van der Waals surface area contributed by atoms with Crippen LogP contribution >= 0.6 is 0 Å². The molecule has 0 atom stereocenters. The number of carbonyl (C=O) groups is 2. The molecule has 0 radical (unpaired) electrons. The molecule has 1 aromatic rings. The quantitative estimate of drug-likeness (QED) is 0.785. The van der Waals surface area contributed by atoms with E-state index in [4.69, 9.17) is 10.5 Å². The van der Waals surface area contributed by atoms with E-state index in [0.29, 0.717) is 25.0 Å². The third-order valence-electron chi connectivity index (χ3n) is 2.66. The van der Waals surface area contributed by atoms with Crippen LogP contribution in [0, 0.1) is 13.8 Å². The lowest BCUT2D eigenvalue weighted by molar-refractivity contribution is -0.117. The van der Waals surface area contributed by atoms with Crippen molar-refractivity contribution in [3.63, 3.8) is 0 Å². The van der Waals surface area contributed by atoms with Crippen molar-refractivity contribution in [3.05, 3.63) is 28.8 Å². The Morgan fingerprint density at radius 1 is 1.22 bits per heavy atom. The molecule has 0 fully saturated rings. The molecule has 1 rings (SSSR count). The van der Waals surface area contributed by atoms with Crippen molar-refractivity contribution in [2.24, 2.45) is 5.73 Å². The van der Waals surface area contributed by atoms with Gasteiger partial charge in [-0.25, -0.2) is 0 Å².